The number of aliphatic hydroxyl groups excluding tert-OH is 1. The number of ether oxygens (including phenoxy) is 2. The number of anilines is 1. The van der Waals surface area contributed by atoms with Gasteiger partial charge >= 0.3 is 6.03 Å². The van der Waals surface area contributed by atoms with Crippen molar-refractivity contribution in [3.63, 3.8) is 0 Å². The predicted molar refractivity (Wildman–Crippen MR) is 148 cm³/mol. The Bertz CT molecular complexity index is 1040. The van der Waals surface area contributed by atoms with Crippen molar-refractivity contribution in [3.8, 4) is 0 Å². The lowest BCUT2D eigenvalue weighted by Gasteiger charge is -2.39. The molecule has 3 fully saturated rings. The summed E-state index contributed by atoms with van der Waals surface area (Å²) in [5.74, 6) is 0. The van der Waals surface area contributed by atoms with Gasteiger partial charge in [-0.15, -0.1) is 0 Å². The molecular weight excluding hydrogens is 480 g/mol. The standard InChI is InChI=1S/C30H42N4O4/c1-2-31-30(36)32-25-8-5-7-24(17-25)29-37-27(18-28(38-29)23-12-10-22(21-35)11-13-23)20-34-16-6-9-26(34)19-33-14-3-4-15-33/h5,7-8,10-13,17,26-29,35H,2-4,6,9,14-16,18-21H2,1H3,(H2,31,32,36). The molecule has 0 radical (unpaired) electrons. The van der Waals surface area contributed by atoms with Gasteiger partial charge in [-0.25, -0.2) is 4.79 Å². The van der Waals surface area contributed by atoms with Crippen LogP contribution in [0.5, 0.6) is 0 Å². The molecule has 2 amide bonds. The molecule has 38 heavy (non-hydrogen) atoms. The summed E-state index contributed by atoms with van der Waals surface area (Å²) >= 11 is 0. The zero-order valence-corrected chi connectivity index (χ0v) is 22.5. The van der Waals surface area contributed by atoms with Crippen molar-refractivity contribution in [2.24, 2.45) is 0 Å². The van der Waals surface area contributed by atoms with Gasteiger partial charge in [0.05, 0.1) is 18.8 Å². The van der Waals surface area contributed by atoms with Gasteiger partial charge in [-0.3, -0.25) is 4.90 Å². The molecule has 0 aliphatic carbocycles. The molecule has 3 saturated heterocycles. The molecule has 0 aromatic heterocycles. The Labute approximate surface area is 226 Å². The average molecular weight is 523 g/mol. The van der Waals surface area contributed by atoms with Gasteiger partial charge in [-0.05, 0) is 75.5 Å². The number of nitrogens with one attached hydrogen (secondary N) is 2. The summed E-state index contributed by atoms with van der Waals surface area (Å²) < 4.78 is 13.1. The number of aliphatic hydroxyl groups is 1. The van der Waals surface area contributed by atoms with E-state index in [1.54, 1.807) is 0 Å². The van der Waals surface area contributed by atoms with E-state index >= 15 is 0 Å². The molecule has 3 aliphatic rings. The maximum atomic E-state index is 12.1. The average Bonchev–Trinajstić information content (AvgIpc) is 3.61. The monoisotopic (exact) mass is 522 g/mol. The summed E-state index contributed by atoms with van der Waals surface area (Å²) in [6.07, 6.45) is 5.28. The Hall–Kier alpha value is -2.49. The molecule has 5 rings (SSSR count). The second kappa shape index (κ2) is 13.0. The van der Waals surface area contributed by atoms with Crippen LogP contribution in [0.1, 0.15) is 68.1 Å². The zero-order valence-electron chi connectivity index (χ0n) is 22.5. The Morgan fingerprint density at radius 3 is 2.58 bits per heavy atom. The lowest BCUT2D eigenvalue weighted by molar-refractivity contribution is -0.253. The molecule has 0 spiro atoms. The topological polar surface area (TPSA) is 86.3 Å². The summed E-state index contributed by atoms with van der Waals surface area (Å²) in [4.78, 5) is 17.3. The van der Waals surface area contributed by atoms with E-state index in [2.05, 4.69) is 32.6 Å². The number of hydrogen-bond donors (Lipinski definition) is 3. The first kappa shape index (κ1) is 27.1. The van der Waals surface area contributed by atoms with E-state index in [-0.39, 0.29) is 24.8 Å². The molecule has 3 heterocycles. The van der Waals surface area contributed by atoms with Gasteiger partial charge in [0, 0.05) is 43.3 Å². The fourth-order valence-corrected chi connectivity index (χ4v) is 6.00. The fraction of sp³-hybridized carbons (Fsp3) is 0.567. The first-order valence-electron chi connectivity index (χ1n) is 14.2. The maximum absolute atomic E-state index is 12.1. The molecule has 3 aliphatic heterocycles. The minimum absolute atomic E-state index is 0.0236. The van der Waals surface area contributed by atoms with E-state index in [1.807, 2.05) is 43.3 Å². The van der Waals surface area contributed by atoms with E-state index in [4.69, 9.17) is 9.47 Å². The summed E-state index contributed by atoms with van der Waals surface area (Å²) in [6.45, 7) is 8.11. The quantitative estimate of drug-likeness (QED) is 0.452. The van der Waals surface area contributed by atoms with Gasteiger partial charge < -0.3 is 30.1 Å². The number of hydrogen-bond acceptors (Lipinski definition) is 6. The van der Waals surface area contributed by atoms with E-state index in [9.17, 15) is 9.90 Å². The molecule has 206 valence electrons. The normalized spacial score (nSPS) is 26.5. The minimum atomic E-state index is -0.535. The largest absolute Gasteiger partial charge is 0.392 e. The second-order valence-corrected chi connectivity index (χ2v) is 10.8. The summed E-state index contributed by atoms with van der Waals surface area (Å²) in [5.41, 5.74) is 3.57. The van der Waals surface area contributed by atoms with Crippen molar-refractivity contribution in [1.82, 2.24) is 15.1 Å². The molecular formula is C30H42N4O4. The van der Waals surface area contributed by atoms with Crippen LogP contribution in [0.2, 0.25) is 0 Å². The first-order chi connectivity index (χ1) is 18.6. The van der Waals surface area contributed by atoms with Crippen LogP contribution in [0.15, 0.2) is 48.5 Å². The molecule has 2 aromatic carbocycles. The minimum Gasteiger partial charge on any atom is -0.392 e. The zero-order chi connectivity index (χ0) is 26.3. The van der Waals surface area contributed by atoms with Crippen molar-refractivity contribution in [3.05, 3.63) is 65.2 Å². The lowest BCUT2D eigenvalue weighted by Crippen LogP contribution is -2.45. The number of nitrogens with zero attached hydrogens (tertiary/aromatic N) is 2. The number of rotatable bonds is 9. The third kappa shape index (κ3) is 6.93. The van der Waals surface area contributed by atoms with Crippen molar-refractivity contribution in [2.75, 3.05) is 44.6 Å². The van der Waals surface area contributed by atoms with Crippen LogP contribution in [0.4, 0.5) is 10.5 Å². The van der Waals surface area contributed by atoms with Crippen LogP contribution >= 0.6 is 0 Å². The van der Waals surface area contributed by atoms with E-state index in [1.165, 1.54) is 38.8 Å². The Kier molecular flexibility index (Phi) is 9.30. The van der Waals surface area contributed by atoms with Gasteiger partial charge in [-0.1, -0.05) is 36.4 Å². The molecule has 8 heteroatoms. The Balaban J connectivity index is 1.32. The van der Waals surface area contributed by atoms with E-state index < -0.39 is 6.29 Å². The van der Waals surface area contributed by atoms with Crippen LogP contribution in [0.3, 0.4) is 0 Å². The van der Waals surface area contributed by atoms with Crippen molar-refractivity contribution in [1.29, 1.82) is 0 Å². The number of carbonyl (C=O) groups is 1. The molecule has 8 nitrogen and oxygen atoms in total. The number of amides is 2. The summed E-state index contributed by atoms with van der Waals surface area (Å²) in [7, 11) is 0. The lowest BCUT2D eigenvalue weighted by atomic mass is 9.99. The van der Waals surface area contributed by atoms with Crippen molar-refractivity contribution >= 4 is 11.7 Å². The highest BCUT2D eigenvalue weighted by Crippen LogP contribution is 2.39. The van der Waals surface area contributed by atoms with Gasteiger partial charge in [-0.2, -0.15) is 0 Å². The molecule has 3 N–H and O–H groups in total. The van der Waals surface area contributed by atoms with Gasteiger partial charge in [0.1, 0.15) is 0 Å². The number of likely N-dealkylation sites (tertiary alicyclic amines) is 2. The SMILES string of the molecule is CCNC(=O)Nc1cccc(C2OC(CN3CCCC3CN3CCCC3)CC(c3ccc(CO)cc3)O2)c1. The fourth-order valence-electron chi connectivity index (χ4n) is 6.00. The van der Waals surface area contributed by atoms with E-state index in [0.29, 0.717) is 18.3 Å². The highest BCUT2D eigenvalue weighted by atomic mass is 16.7. The van der Waals surface area contributed by atoms with Crippen molar-refractivity contribution in [2.45, 2.75) is 70.2 Å². The molecule has 4 atom stereocenters. The van der Waals surface area contributed by atoms with Gasteiger partial charge in [0.15, 0.2) is 6.29 Å². The summed E-state index contributed by atoms with van der Waals surface area (Å²) in [6, 6.07) is 16.1. The Morgan fingerprint density at radius 2 is 1.82 bits per heavy atom. The third-order valence-electron chi connectivity index (χ3n) is 7.97. The number of urea groups is 1. The van der Waals surface area contributed by atoms with Crippen molar-refractivity contribution < 1.29 is 19.4 Å². The molecule has 0 bridgehead atoms. The predicted octanol–water partition coefficient (Wildman–Crippen LogP) is 4.43. The van der Waals surface area contributed by atoms with Crippen LogP contribution in [0.25, 0.3) is 0 Å². The molecule has 2 aromatic rings. The number of benzene rings is 2. The van der Waals surface area contributed by atoms with Crippen LogP contribution < -0.4 is 10.6 Å². The smallest absolute Gasteiger partial charge is 0.319 e. The Morgan fingerprint density at radius 1 is 1.00 bits per heavy atom. The number of carbonyl (C=O) groups excluding carboxylic acids is 1. The third-order valence-corrected chi connectivity index (χ3v) is 7.97. The summed E-state index contributed by atoms with van der Waals surface area (Å²) in [5, 5.41) is 15.1. The van der Waals surface area contributed by atoms with E-state index in [0.717, 1.165) is 42.7 Å². The van der Waals surface area contributed by atoms with Gasteiger partial charge in [0.2, 0.25) is 0 Å². The highest BCUT2D eigenvalue weighted by Gasteiger charge is 2.36. The van der Waals surface area contributed by atoms with Crippen LogP contribution in [-0.4, -0.2) is 72.4 Å². The second-order valence-electron chi connectivity index (χ2n) is 10.8. The van der Waals surface area contributed by atoms with Crippen LogP contribution in [0, 0.1) is 0 Å². The van der Waals surface area contributed by atoms with Gasteiger partial charge in [0.25, 0.3) is 0 Å². The molecule has 0 saturated carbocycles. The molecule has 4 unspecified atom stereocenters. The first-order valence-corrected chi connectivity index (χ1v) is 14.2. The van der Waals surface area contributed by atoms with Crippen LogP contribution in [-0.2, 0) is 16.1 Å². The highest BCUT2D eigenvalue weighted by molar-refractivity contribution is 5.89. The maximum Gasteiger partial charge on any atom is 0.319 e.